The van der Waals surface area contributed by atoms with Gasteiger partial charge < -0.3 is 10.1 Å². The van der Waals surface area contributed by atoms with Gasteiger partial charge in [0.05, 0.1) is 11.7 Å². The van der Waals surface area contributed by atoms with Crippen molar-refractivity contribution in [2.75, 3.05) is 6.54 Å². The van der Waals surface area contributed by atoms with Gasteiger partial charge in [0.15, 0.2) is 0 Å². The van der Waals surface area contributed by atoms with Gasteiger partial charge in [0, 0.05) is 12.6 Å². The van der Waals surface area contributed by atoms with Gasteiger partial charge in [-0.25, -0.2) is 4.98 Å². The molecular formula is C12H17N3. The number of nitrogens with two attached hydrogens (primary N) is 1. The van der Waals surface area contributed by atoms with E-state index in [4.69, 9.17) is 5.73 Å². The van der Waals surface area contributed by atoms with E-state index in [0.29, 0.717) is 0 Å². The number of imidazole rings is 1. The third kappa shape index (κ3) is 1.88. The van der Waals surface area contributed by atoms with Crippen molar-refractivity contribution < 1.29 is 0 Å². The van der Waals surface area contributed by atoms with Crippen LogP contribution in [0.15, 0.2) is 24.5 Å². The van der Waals surface area contributed by atoms with Gasteiger partial charge in [-0.05, 0) is 31.0 Å². The van der Waals surface area contributed by atoms with Crippen LogP contribution in [0, 0.1) is 0 Å². The van der Waals surface area contributed by atoms with Crippen molar-refractivity contribution in [1.29, 1.82) is 0 Å². The van der Waals surface area contributed by atoms with E-state index in [1.807, 2.05) is 6.20 Å². The van der Waals surface area contributed by atoms with Gasteiger partial charge in [0.2, 0.25) is 0 Å². The fourth-order valence-electron chi connectivity index (χ4n) is 1.90. The maximum absolute atomic E-state index is 5.53. The summed E-state index contributed by atoms with van der Waals surface area (Å²) in [6.45, 7) is 2.87. The van der Waals surface area contributed by atoms with E-state index in [1.54, 1.807) is 0 Å². The smallest absolute Gasteiger partial charge is 0.112 e. The lowest BCUT2D eigenvalue weighted by Gasteiger charge is -2.04. The maximum atomic E-state index is 5.53. The third-order valence-corrected chi connectivity index (χ3v) is 2.70. The van der Waals surface area contributed by atoms with Crippen molar-refractivity contribution >= 4 is 5.52 Å². The molecule has 0 bridgehead atoms. The lowest BCUT2D eigenvalue weighted by molar-refractivity contribution is 0.831. The summed E-state index contributed by atoms with van der Waals surface area (Å²) in [7, 11) is 0. The van der Waals surface area contributed by atoms with Gasteiger partial charge in [0.25, 0.3) is 0 Å². The number of aromatic nitrogens is 2. The number of pyridine rings is 1. The fraction of sp³-hybridized carbons (Fsp3) is 0.417. The molecule has 0 spiro atoms. The van der Waals surface area contributed by atoms with Crippen LogP contribution in [0.3, 0.4) is 0 Å². The summed E-state index contributed by atoms with van der Waals surface area (Å²) in [5.41, 5.74) is 8.10. The van der Waals surface area contributed by atoms with E-state index in [2.05, 4.69) is 34.6 Å². The highest BCUT2D eigenvalue weighted by Gasteiger charge is 2.04. The molecule has 80 valence electrons. The number of hydrogen-bond acceptors (Lipinski definition) is 2. The molecule has 0 unspecified atom stereocenters. The Bertz CT molecular complexity index is 445. The molecule has 0 aliphatic rings. The van der Waals surface area contributed by atoms with Crippen molar-refractivity contribution in [1.82, 2.24) is 9.38 Å². The summed E-state index contributed by atoms with van der Waals surface area (Å²) < 4.78 is 2.17. The van der Waals surface area contributed by atoms with Crippen LogP contribution in [0.4, 0.5) is 0 Å². The van der Waals surface area contributed by atoms with E-state index in [-0.39, 0.29) is 0 Å². The molecule has 3 heteroatoms. The van der Waals surface area contributed by atoms with Crippen LogP contribution < -0.4 is 5.73 Å². The first-order valence-electron chi connectivity index (χ1n) is 5.50. The minimum absolute atomic E-state index is 0.746. The Labute approximate surface area is 89.9 Å². The predicted octanol–water partition coefficient (Wildman–Crippen LogP) is 1.79. The SMILES string of the molecule is CCc1ncc2c(CCCN)cccn12. The van der Waals surface area contributed by atoms with Crippen molar-refractivity contribution in [3.63, 3.8) is 0 Å². The van der Waals surface area contributed by atoms with Gasteiger partial charge in [-0.3, -0.25) is 0 Å². The van der Waals surface area contributed by atoms with E-state index < -0.39 is 0 Å². The number of rotatable bonds is 4. The van der Waals surface area contributed by atoms with Crippen molar-refractivity contribution in [2.45, 2.75) is 26.2 Å². The normalized spacial score (nSPS) is 11.1. The van der Waals surface area contributed by atoms with Crippen LogP contribution >= 0.6 is 0 Å². The second-order valence-corrected chi connectivity index (χ2v) is 3.71. The van der Waals surface area contributed by atoms with Gasteiger partial charge >= 0.3 is 0 Å². The monoisotopic (exact) mass is 203 g/mol. The van der Waals surface area contributed by atoms with Gasteiger partial charge in [-0.1, -0.05) is 13.0 Å². The van der Waals surface area contributed by atoms with Crippen LogP contribution in [-0.4, -0.2) is 15.9 Å². The molecule has 2 heterocycles. The van der Waals surface area contributed by atoms with E-state index in [1.165, 1.54) is 11.1 Å². The molecule has 3 nitrogen and oxygen atoms in total. The molecule has 0 amide bonds. The van der Waals surface area contributed by atoms with Gasteiger partial charge in [-0.15, -0.1) is 0 Å². The first kappa shape index (κ1) is 10.2. The second-order valence-electron chi connectivity index (χ2n) is 3.71. The van der Waals surface area contributed by atoms with E-state index in [0.717, 1.165) is 31.6 Å². The first-order valence-corrected chi connectivity index (χ1v) is 5.50. The molecule has 2 rings (SSSR count). The Hall–Kier alpha value is -1.35. The highest BCUT2D eigenvalue weighted by Crippen LogP contribution is 2.14. The standard InChI is InChI=1S/C12H17N3/c1-2-12-14-9-11-10(5-3-7-13)6-4-8-15(11)12/h4,6,8-9H,2-3,5,7,13H2,1H3. The zero-order valence-corrected chi connectivity index (χ0v) is 9.11. The third-order valence-electron chi connectivity index (χ3n) is 2.70. The predicted molar refractivity (Wildman–Crippen MR) is 61.9 cm³/mol. The van der Waals surface area contributed by atoms with Crippen LogP contribution in [0.5, 0.6) is 0 Å². The number of hydrogen-bond donors (Lipinski definition) is 1. The highest BCUT2D eigenvalue weighted by molar-refractivity contribution is 5.54. The molecule has 0 aromatic carbocycles. The topological polar surface area (TPSA) is 43.3 Å². The first-order chi connectivity index (χ1) is 7.36. The largest absolute Gasteiger partial charge is 0.330 e. The molecule has 0 saturated heterocycles. The van der Waals surface area contributed by atoms with Crippen LogP contribution in [0.2, 0.25) is 0 Å². The maximum Gasteiger partial charge on any atom is 0.112 e. The number of aryl methyl sites for hydroxylation is 2. The Kier molecular flexibility index (Phi) is 3.02. The van der Waals surface area contributed by atoms with Gasteiger partial charge in [0.1, 0.15) is 5.82 Å². The summed E-state index contributed by atoms with van der Waals surface area (Å²) in [6.07, 6.45) is 7.08. The van der Waals surface area contributed by atoms with Crippen LogP contribution in [-0.2, 0) is 12.8 Å². The Morgan fingerprint density at radius 1 is 1.47 bits per heavy atom. The lowest BCUT2D eigenvalue weighted by atomic mass is 10.1. The molecule has 2 aromatic rings. The summed E-state index contributed by atoms with van der Waals surface area (Å²) in [5, 5.41) is 0. The minimum Gasteiger partial charge on any atom is -0.330 e. The average Bonchev–Trinajstić information content (AvgIpc) is 2.69. The van der Waals surface area contributed by atoms with Gasteiger partial charge in [-0.2, -0.15) is 0 Å². The zero-order chi connectivity index (χ0) is 10.7. The molecule has 2 aromatic heterocycles. The summed E-state index contributed by atoms with van der Waals surface area (Å²) >= 11 is 0. The molecule has 2 N–H and O–H groups in total. The van der Waals surface area contributed by atoms with Crippen molar-refractivity contribution in [3.8, 4) is 0 Å². The summed E-state index contributed by atoms with van der Waals surface area (Å²) in [4.78, 5) is 4.41. The van der Waals surface area contributed by atoms with E-state index in [9.17, 15) is 0 Å². The Morgan fingerprint density at radius 2 is 2.33 bits per heavy atom. The van der Waals surface area contributed by atoms with Crippen LogP contribution in [0.25, 0.3) is 5.52 Å². The molecular weight excluding hydrogens is 186 g/mol. The molecule has 0 fully saturated rings. The number of fused-ring (bicyclic) bond motifs is 1. The molecule has 0 aliphatic carbocycles. The van der Waals surface area contributed by atoms with Crippen LogP contribution in [0.1, 0.15) is 24.7 Å². The minimum atomic E-state index is 0.746. The van der Waals surface area contributed by atoms with Crippen molar-refractivity contribution in [3.05, 3.63) is 35.9 Å². The fourth-order valence-corrected chi connectivity index (χ4v) is 1.90. The molecule has 0 saturated carbocycles. The lowest BCUT2D eigenvalue weighted by Crippen LogP contribution is -2.01. The molecule has 0 aliphatic heterocycles. The Balaban J connectivity index is 2.42. The molecule has 0 atom stereocenters. The second kappa shape index (κ2) is 4.45. The van der Waals surface area contributed by atoms with Crippen molar-refractivity contribution in [2.24, 2.45) is 5.73 Å². The van der Waals surface area contributed by atoms with E-state index >= 15 is 0 Å². The number of nitrogens with zero attached hydrogens (tertiary/aromatic N) is 2. The molecule has 15 heavy (non-hydrogen) atoms. The zero-order valence-electron chi connectivity index (χ0n) is 9.11. The molecule has 0 radical (unpaired) electrons. The average molecular weight is 203 g/mol. The quantitative estimate of drug-likeness (QED) is 0.823. The summed E-state index contributed by atoms with van der Waals surface area (Å²) in [5.74, 6) is 1.12. The summed E-state index contributed by atoms with van der Waals surface area (Å²) in [6, 6.07) is 4.24. The highest BCUT2D eigenvalue weighted by atomic mass is 15.0. The Morgan fingerprint density at radius 3 is 3.07 bits per heavy atom.